The minimum absolute atomic E-state index is 0.0389. The lowest BCUT2D eigenvalue weighted by atomic mass is 9.44. The van der Waals surface area contributed by atoms with Gasteiger partial charge in [0, 0.05) is 12.3 Å². The number of aliphatic hydroxyl groups is 1. The summed E-state index contributed by atoms with van der Waals surface area (Å²) in [4.78, 5) is 0. The van der Waals surface area contributed by atoms with Crippen molar-refractivity contribution >= 4 is 0 Å². The van der Waals surface area contributed by atoms with Crippen molar-refractivity contribution in [2.45, 2.75) is 110 Å². The second-order valence-electron chi connectivity index (χ2n) is 13.1. The lowest BCUT2D eigenvalue weighted by Crippen LogP contribution is -2.55. The molecule has 0 bridgehead atoms. The summed E-state index contributed by atoms with van der Waals surface area (Å²) in [7, 11) is 0. The highest BCUT2D eigenvalue weighted by Gasteiger charge is 2.69. The number of aliphatic hydroxyl groups excluding tert-OH is 1. The first-order chi connectivity index (χ1) is 14.3. The number of fused-ring (bicyclic) bond motifs is 7. The average molecular weight is 417 g/mol. The van der Waals surface area contributed by atoms with E-state index < -0.39 is 0 Å². The van der Waals surface area contributed by atoms with Gasteiger partial charge < -0.3 is 14.6 Å². The Bertz CT molecular complexity index is 684. The molecule has 4 saturated carbocycles. The standard InChI is InChI=1S/C27H44O3/c1-16-7-12-27(29-15-16)17(2)24-23(30-27)14-22-20-6-5-18-13-19(28)8-10-25(18,3)21(20)9-11-26(22,24)4/h16-24,28H,5-15H2,1-4H3/t16?,17-,18+,19+,20?,21?,22?,23-,24?,25-,26-,27?/m0/s1. The predicted octanol–water partition coefficient (Wildman–Crippen LogP) is 5.79. The lowest BCUT2D eigenvalue weighted by Gasteiger charge is -2.61. The summed E-state index contributed by atoms with van der Waals surface area (Å²) in [5.74, 6) is 4.93. The Morgan fingerprint density at radius 1 is 0.833 bits per heavy atom. The molecule has 0 amide bonds. The van der Waals surface area contributed by atoms with Crippen molar-refractivity contribution in [2.75, 3.05) is 6.61 Å². The van der Waals surface area contributed by atoms with Gasteiger partial charge in [-0.2, -0.15) is 0 Å². The van der Waals surface area contributed by atoms with Gasteiger partial charge in [0.1, 0.15) is 0 Å². The van der Waals surface area contributed by atoms with Crippen LogP contribution in [0.5, 0.6) is 0 Å². The molecule has 0 radical (unpaired) electrons. The van der Waals surface area contributed by atoms with Gasteiger partial charge in [-0.25, -0.2) is 0 Å². The number of rotatable bonds is 0. The Kier molecular flexibility index (Phi) is 4.58. The van der Waals surface area contributed by atoms with Gasteiger partial charge in [-0.15, -0.1) is 0 Å². The monoisotopic (exact) mass is 416 g/mol. The molecule has 4 aliphatic carbocycles. The fourth-order valence-electron chi connectivity index (χ4n) is 10.3. The molecule has 30 heavy (non-hydrogen) atoms. The molecule has 0 aromatic heterocycles. The fourth-order valence-corrected chi connectivity index (χ4v) is 10.3. The molecule has 12 atom stereocenters. The van der Waals surface area contributed by atoms with E-state index in [4.69, 9.17) is 9.47 Å². The van der Waals surface area contributed by atoms with Crippen molar-refractivity contribution in [3.05, 3.63) is 0 Å². The lowest BCUT2D eigenvalue weighted by molar-refractivity contribution is -0.273. The van der Waals surface area contributed by atoms with Gasteiger partial charge >= 0.3 is 0 Å². The number of ether oxygens (including phenoxy) is 2. The van der Waals surface area contributed by atoms with Gasteiger partial charge in [-0.3, -0.25) is 0 Å². The highest BCUT2D eigenvalue weighted by molar-refractivity contribution is 5.15. The zero-order valence-electron chi connectivity index (χ0n) is 19.7. The largest absolute Gasteiger partial charge is 0.393 e. The fraction of sp³-hybridized carbons (Fsp3) is 1.00. The van der Waals surface area contributed by atoms with Crippen molar-refractivity contribution in [1.29, 1.82) is 0 Å². The number of hydrogen-bond acceptors (Lipinski definition) is 3. The van der Waals surface area contributed by atoms with E-state index >= 15 is 0 Å². The van der Waals surface area contributed by atoms with Gasteiger partial charge in [-0.1, -0.05) is 27.7 Å². The molecule has 6 rings (SSSR count). The Morgan fingerprint density at radius 2 is 1.63 bits per heavy atom. The first-order valence-electron chi connectivity index (χ1n) is 13.3. The summed E-state index contributed by atoms with van der Waals surface area (Å²) in [5.41, 5.74) is 0.899. The molecule has 170 valence electrons. The maximum absolute atomic E-state index is 10.3. The van der Waals surface area contributed by atoms with Crippen LogP contribution in [-0.4, -0.2) is 29.7 Å². The molecular formula is C27H44O3. The smallest absolute Gasteiger partial charge is 0.171 e. The van der Waals surface area contributed by atoms with E-state index in [0.717, 1.165) is 49.5 Å². The molecule has 2 saturated heterocycles. The van der Waals surface area contributed by atoms with Crippen LogP contribution in [0.3, 0.4) is 0 Å². The maximum atomic E-state index is 10.3. The first-order valence-corrected chi connectivity index (χ1v) is 13.3. The maximum Gasteiger partial charge on any atom is 0.171 e. The summed E-state index contributed by atoms with van der Waals surface area (Å²) in [5, 5.41) is 10.3. The van der Waals surface area contributed by atoms with E-state index in [2.05, 4.69) is 27.7 Å². The highest BCUT2D eigenvalue weighted by atomic mass is 16.7. The van der Waals surface area contributed by atoms with Crippen LogP contribution in [-0.2, 0) is 9.47 Å². The van der Waals surface area contributed by atoms with Crippen LogP contribution in [0, 0.1) is 52.3 Å². The topological polar surface area (TPSA) is 38.7 Å². The Hall–Kier alpha value is -0.120. The van der Waals surface area contributed by atoms with Crippen LogP contribution in [0.4, 0.5) is 0 Å². The third-order valence-corrected chi connectivity index (χ3v) is 11.9. The summed E-state index contributed by atoms with van der Waals surface area (Å²) in [6.07, 6.45) is 12.9. The molecule has 2 heterocycles. The van der Waals surface area contributed by atoms with Crippen molar-refractivity contribution < 1.29 is 14.6 Å². The number of hydrogen-bond donors (Lipinski definition) is 1. The summed E-state index contributed by atoms with van der Waals surface area (Å²) < 4.78 is 13.4. The average Bonchev–Trinajstić information content (AvgIpc) is 3.16. The van der Waals surface area contributed by atoms with Crippen molar-refractivity contribution in [3.63, 3.8) is 0 Å². The van der Waals surface area contributed by atoms with Gasteiger partial charge in [0.15, 0.2) is 5.79 Å². The van der Waals surface area contributed by atoms with Crippen LogP contribution in [0.2, 0.25) is 0 Å². The van der Waals surface area contributed by atoms with E-state index in [-0.39, 0.29) is 11.9 Å². The van der Waals surface area contributed by atoms with Crippen LogP contribution in [0.15, 0.2) is 0 Å². The van der Waals surface area contributed by atoms with Crippen LogP contribution in [0.25, 0.3) is 0 Å². The summed E-state index contributed by atoms with van der Waals surface area (Å²) in [6.45, 7) is 10.9. The van der Waals surface area contributed by atoms with E-state index in [0.29, 0.717) is 34.7 Å². The second-order valence-corrected chi connectivity index (χ2v) is 13.1. The SMILES string of the molecule is CC1CCC2(OC1)O[C@H]1CC3C4CC[C@@H]5C[C@H](O)CC[C@]5(C)C4CC[C@]3(C)C1[C@@H]2C. The second kappa shape index (κ2) is 6.70. The molecule has 6 unspecified atom stereocenters. The molecule has 3 nitrogen and oxygen atoms in total. The molecule has 3 heteroatoms. The van der Waals surface area contributed by atoms with Crippen molar-refractivity contribution in [1.82, 2.24) is 0 Å². The van der Waals surface area contributed by atoms with Gasteiger partial charge in [0.25, 0.3) is 0 Å². The van der Waals surface area contributed by atoms with Crippen molar-refractivity contribution in [3.8, 4) is 0 Å². The van der Waals surface area contributed by atoms with Crippen LogP contribution >= 0.6 is 0 Å². The minimum Gasteiger partial charge on any atom is -0.393 e. The van der Waals surface area contributed by atoms with E-state index in [1.807, 2.05) is 0 Å². The zero-order chi connectivity index (χ0) is 20.9. The molecule has 1 spiro atoms. The van der Waals surface area contributed by atoms with Gasteiger partial charge in [-0.05, 0) is 104 Å². The summed E-state index contributed by atoms with van der Waals surface area (Å²) in [6, 6.07) is 0. The first kappa shape index (κ1) is 20.5. The highest BCUT2D eigenvalue weighted by Crippen LogP contribution is 2.71. The molecule has 2 aliphatic heterocycles. The molecule has 1 N–H and O–H groups in total. The zero-order valence-corrected chi connectivity index (χ0v) is 19.7. The van der Waals surface area contributed by atoms with E-state index in [1.165, 1.54) is 44.9 Å². The summed E-state index contributed by atoms with van der Waals surface area (Å²) >= 11 is 0. The predicted molar refractivity (Wildman–Crippen MR) is 118 cm³/mol. The molecular weight excluding hydrogens is 372 g/mol. The molecule has 6 aliphatic rings. The molecule has 0 aromatic rings. The Morgan fingerprint density at radius 3 is 2.40 bits per heavy atom. The third kappa shape index (κ3) is 2.61. The van der Waals surface area contributed by atoms with Crippen LogP contribution < -0.4 is 0 Å². The van der Waals surface area contributed by atoms with E-state index in [9.17, 15) is 5.11 Å². The molecule has 6 fully saturated rings. The van der Waals surface area contributed by atoms with E-state index in [1.54, 1.807) is 0 Å². The Labute approximate surface area is 183 Å². The third-order valence-electron chi connectivity index (χ3n) is 11.9. The molecule has 0 aromatic carbocycles. The normalized spacial score (nSPS) is 62.5. The van der Waals surface area contributed by atoms with Crippen molar-refractivity contribution in [2.24, 2.45) is 52.3 Å². The quantitative estimate of drug-likeness (QED) is 0.543. The van der Waals surface area contributed by atoms with Gasteiger partial charge in [0.05, 0.1) is 18.8 Å². The van der Waals surface area contributed by atoms with Crippen LogP contribution in [0.1, 0.15) is 91.9 Å². The minimum atomic E-state index is -0.282. The van der Waals surface area contributed by atoms with Gasteiger partial charge in [0.2, 0.25) is 0 Å². The Balaban J connectivity index is 1.26.